The number of hydrogen-bond acceptors (Lipinski definition) is 13. The van der Waals surface area contributed by atoms with E-state index >= 15 is 0 Å². The molecular weight excluding hydrogens is 692 g/mol. The average Bonchev–Trinajstić information content (AvgIpc) is 3.03. The standard InChI is InChI=1S/C32H23N5O8S2.2Na/c33-24-14-17-27(46(40,41)42)23-13-15-25(32(39)30(23)24)36-34-21-9-4-18(5-10-21)19-6-11-22(12-7-19)35-37-31-26(38)16-8-20-2-1-3-28(29(20)31)47(43,44)45;;/h1-17,38-39H,33H2,(H,40,41,42)(H,43,44,45);;/q;2*+1/p-2. The number of rotatable bonds is 7. The van der Waals surface area contributed by atoms with Gasteiger partial charge in [0.15, 0.2) is 5.75 Å². The van der Waals surface area contributed by atoms with Crippen molar-refractivity contribution in [3.8, 4) is 22.6 Å². The van der Waals surface area contributed by atoms with Crippen molar-refractivity contribution in [2.24, 2.45) is 20.5 Å². The Labute approximate surface area is 324 Å². The van der Waals surface area contributed by atoms with Crippen LogP contribution in [-0.4, -0.2) is 36.2 Å². The van der Waals surface area contributed by atoms with Crippen LogP contribution in [0.5, 0.6) is 11.5 Å². The molecule has 236 valence electrons. The van der Waals surface area contributed by atoms with E-state index in [9.17, 15) is 36.2 Å². The predicted molar refractivity (Wildman–Crippen MR) is 172 cm³/mol. The van der Waals surface area contributed by atoms with Gasteiger partial charge in [-0.2, -0.15) is 10.2 Å². The maximum Gasteiger partial charge on any atom is 1.00 e. The van der Waals surface area contributed by atoms with Gasteiger partial charge in [0.25, 0.3) is 0 Å². The van der Waals surface area contributed by atoms with E-state index < -0.39 is 35.8 Å². The minimum Gasteiger partial charge on any atom is -0.744 e. The van der Waals surface area contributed by atoms with Gasteiger partial charge in [0, 0.05) is 16.5 Å². The van der Waals surface area contributed by atoms with E-state index in [0.29, 0.717) is 16.8 Å². The van der Waals surface area contributed by atoms with Crippen LogP contribution >= 0.6 is 0 Å². The van der Waals surface area contributed by atoms with Gasteiger partial charge in [-0.15, -0.1) is 10.2 Å². The Kier molecular flexibility index (Phi) is 11.7. The number of anilines is 1. The van der Waals surface area contributed by atoms with Crippen molar-refractivity contribution in [3.63, 3.8) is 0 Å². The van der Waals surface area contributed by atoms with Crippen LogP contribution in [-0.2, 0) is 20.2 Å². The molecule has 0 saturated carbocycles. The molecule has 0 atom stereocenters. The van der Waals surface area contributed by atoms with E-state index in [1.54, 1.807) is 54.6 Å². The SMILES string of the molecule is Nc1ccc(S(=O)(=O)[O-])c2ccc(N=Nc3ccc(-c4ccc(N=Nc5c(O)ccc6cccc(S(=O)(=O)[O-])c56)cc4)cc3)c(O)c12.[Na+].[Na+]. The summed E-state index contributed by atoms with van der Waals surface area (Å²) in [7, 11) is -9.65. The van der Waals surface area contributed by atoms with Crippen LogP contribution in [0.4, 0.5) is 28.4 Å². The molecule has 0 unspecified atom stereocenters. The Morgan fingerprint density at radius 3 is 1.71 bits per heavy atom. The van der Waals surface area contributed by atoms with Crippen molar-refractivity contribution in [3.05, 3.63) is 103 Å². The molecule has 0 spiro atoms. The monoisotopic (exact) mass is 713 g/mol. The first-order valence-electron chi connectivity index (χ1n) is 13.6. The van der Waals surface area contributed by atoms with Crippen LogP contribution in [0.15, 0.2) is 133 Å². The maximum atomic E-state index is 11.8. The molecule has 6 aromatic rings. The molecule has 0 aliphatic rings. The summed E-state index contributed by atoms with van der Waals surface area (Å²) in [4.78, 5) is -1.02. The summed E-state index contributed by atoms with van der Waals surface area (Å²) in [5.74, 6) is -0.760. The molecule has 0 radical (unpaired) electrons. The summed E-state index contributed by atoms with van der Waals surface area (Å²) in [6.07, 6.45) is 0. The molecule has 0 bridgehead atoms. The molecule has 13 nitrogen and oxygen atoms in total. The molecule has 17 heteroatoms. The number of phenols is 2. The van der Waals surface area contributed by atoms with Crippen LogP contribution < -0.4 is 64.8 Å². The van der Waals surface area contributed by atoms with E-state index in [-0.39, 0.29) is 98.1 Å². The van der Waals surface area contributed by atoms with Gasteiger partial charge >= 0.3 is 59.1 Å². The van der Waals surface area contributed by atoms with E-state index in [2.05, 4.69) is 20.5 Å². The van der Waals surface area contributed by atoms with Crippen LogP contribution in [0.3, 0.4) is 0 Å². The Bertz CT molecular complexity index is 2500. The minimum atomic E-state index is -4.85. The number of aromatic hydroxyl groups is 2. The fraction of sp³-hybridized carbons (Fsp3) is 0. The Morgan fingerprint density at radius 2 is 1.14 bits per heavy atom. The molecule has 0 aromatic heterocycles. The molecule has 0 aliphatic carbocycles. The number of benzene rings is 6. The number of nitrogen functional groups attached to an aromatic ring is 1. The maximum absolute atomic E-state index is 11.8. The van der Waals surface area contributed by atoms with Gasteiger partial charge in [0.1, 0.15) is 37.4 Å². The smallest absolute Gasteiger partial charge is 0.744 e. The van der Waals surface area contributed by atoms with Crippen molar-refractivity contribution in [2.75, 3.05) is 5.73 Å². The van der Waals surface area contributed by atoms with Crippen LogP contribution in [0.25, 0.3) is 32.7 Å². The number of phenolic OH excluding ortho intramolecular Hbond substituents is 2. The van der Waals surface area contributed by atoms with Crippen LogP contribution in [0.1, 0.15) is 0 Å². The molecule has 4 N–H and O–H groups in total. The Morgan fingerprint density at radius 1 is 0.571 bits per heavy atom. The fourth-order valence-electron chi connectivity index (χ4n) is 5.00. The second-order valence-corrected chi connectivity index (χ2v) is 12.9. The molecule has 0 fully saturated rings. The second kappa shape index (κ2) is 15.0. The second-order valence-electron chi connectivity index (χ2n) is 10.2. The normalized spacial score (nSPS) is 12.0. The third-order valence-corrected chi connectivity index (χ3v) is 9.00. The van der Waals surface area contributed by atoms with Crippen LogP contribution in [0, 0.1) is 0 Å². The Balaban J connectivity index is 0.00000270. The van der Waals surface area contributed by atoms with Crippen molar-refractivity contribution >= 4 is 70.2 Å². The molecule has 0 heterocycles. The predicted octanol–water partition coefficient (Wildman–Crippen LogP) is 1.30. The third-order valence-electron chi connectivity index (χ3n) is 7.23. The van der Waals surface area contributed by atoms with Crippen molar-refractivity contribution < 1.29 is 95.3 Å². The number of nitrogens with two attached hydrogens (primary N) is 1. The Hall–Kier alpha value is -3.74. The first kappa shape index (κ1) is 38.1. The molecule has 0 aliphatic heterocycles. The number of nitrogens with zero attached hydrogens (tertiary/aromatic N) is 4. The van der Waals surface area contributed by atoms with Crippen molar-refractivity contribution in [1.29, 1.82) is 0 Å². The fourth-order valence-corrected chi connectivity index (χ4v) is 6.39. The molecule has 0 saturated heterocycles. The number of fused-ring (bicyclic) bond motifs is 2. The van der Waals surface area contributed by atoms with Gasteiger partial charge in [0.05, 0.1) is 26.6 Å². The summed E-state index contributed by atoms with van der Waals surface area (Å²) in [5.41, 5.74) is 8.34. The largest absolute Gasteiger partial charge is 1.00 e. The van der Waals surface area contributed by atoms with E-state index in [0.717, 1.165) is 23.3 Å². The summed E-state index contributed by atoms with van der Waals surface area (Å²) >= 11 is 0. The van der Waals surface area contributed by atoms with Gasteiger partial charge in [-0.3, -0.25) is 0 Å². The van der Waals surface area contributed by atoms with E-state index in [1.165, 1.54) is 36.4 Å². The first-order valence-corrected chi connectivity index (χ1v) is 16.4. The van der Waals surface area contributed by atoms with Gasteiger partial charge in [0.2, 0.25) is 0 Å². The molecule has 49 heavy (non-hydrogen) atoms. The van der Waals surface area contributed by atoms with Gasteiger partial charge in [-0.25, -0.2) is 16.8 Å². The first-order chi connectivity index (χ1) is 22.3. The van der Waals surface area contributed by atoms with Gasteiger partial charge in [-0.1, -0.05) is 48.5 Å². The number of azo groups is 2. The molecular formula is C32H21N5Na2O8S2. The topological polar surface area (TPSA) is 230 Å². The van der Waals surface area contributed by atoms with E-state index in [1.807, 2.05) is 0 Å². The van der Waals surface area contributed by atoms with Gasteiger partial charge in [-0.05, 0) is 71.1 Å². The molecule has 0 amide bonds. The van der Waals surface area contributed by atoms with E-state index in [4.69, 9.17) is 5.73 Å². The summed E-state index contributed by atoms with van der Waals surface area (Å²) < 4.78 is 70.3. The zero-order valence-electron chi connectivity index (χ0n) is 25.8. The zero-order valence-corrected chi connectivity index (χ0v) is 31.5. The summed E-state index contributed by atoms with van der Waals surface area (Å²) in [6, 6.07) is 25.8. The minimum absolute atomic E-state index is 0. The molecule has 6 aromatic carbocycles. The van der Waals surface area contributed by atoms with Gasteiger partial charge < -0.3 is 25.1 Å². The quantitative estimate of drug-likeness (QED) is 0.0936. The molecule has 6 rings (SSSR count). The van der Waals surface area contributed by atoms with Crippen molar-refractivity contribution in [1.82, 2.24) is 0 Å². The third kappa shape index (κ3) is 8.02. The number of hydrogen-bond donors (Lipinski definition) is 3. The zero-order chi connectivity index (χ0) is 33.5. The van der Waals surface area contributed by atoms with Crippen molar-refractivity contribution in [2.45, 2.75) is 9.79 Å². The van der Waals surface area contributed by atoms with Crippen LogP contribution in [0.2, 0.25) is 0 Å². The summed E-state index contributed by atoms with van der Waals surface area (Å²) in [6.45, 7) is 0. The summed E-state index contributed by atoms with van der Waals surface area (Å²) in [5, 5.41) is 37.8. The average molecular weight is 714 g/mol.